The van der Waals surface area contributed by atoms with E-state index in [0.717, 1.165) is 42.5 Å². The molecule has 3 nitrogen and oxygen atoms in total. The monoisotopic (exact) mass is 241 g/mol. The maximum absolute atomic E-state index is 9.09. The van der Waals surface area contributed by atoms with Crippen LogP contribution in [0, 0.1) is 11.3 Å². The van der Waals surface area contributed by atoms with Gasteiger partial charge in [-0.3, -0.25) is 0 Å². The van der Waals surface area contributed by atoms with Crippen LogP contribution in [0.5, 0.6) is 0 Å². The van der Waals surface area contributed by atoms with Crippen LogP contribution in [0.1, 0.15) is 56.8 Å². The number of nitrogens with zero attached hydrogens (tertiary/aromatic N) is 2. The van der Waals surface area contributed by atoms with E-state index in [4.69, 9.17) is 5.26 Å². The maximum Gasteiger partial charge on any atom is 0.110 e. The lowest BCUT2D eigenvalue weighted by Gasteiger charge is -2.11. The van der Waals surface area contributed by atoms with Crippen LogP contribution < -0.4 is 0 Å². The number of aromatic amines is 1. The predicted octanol–water partition coefficient (Wildman–Crippen LogP) is 4.12. The summed E-state index contributed by atoms with van der Waals surface area (Å²) in [5.41, 5.74) is 2.44. The number of nitriles is 1. The Morgan fingerprint density at radius 2 is 2.00 bits per heavy atom. The zero-order chi connectivity index (χ0) is 13.0. The number of H-pyrrole nitrogens is 1. The van der Waals surface area contributed by atoms with E-state index < -0.39 is 0 Å². The molecule has 1 heterocycles. The highest BCUT2D eigenvalue weighted by molar-refractivity contribution is 5.81. The molecule has 0 spiro atoms. The minimum atomic E-state index is 0.485. The Hall–Kier alpha value is -1.82. The molecule has 1 N–H and O–H groups in total. The van der Waals surface area contributed by atoms with Crippen molar-refractivity contribution >= 4 is 11.0 Å². The Balaban J connectivity index is 2.42. The van der Waals surface area contributed by atoms with Gasteiger partial charge in [0.25, 0.3) is 0 Å². The van der Waals surface area contributed by atoms with Gasteiger partial charge in [-0.2, -0.15) is 5.26 Å². The Labute approximate surface area is 108 Å². The molecule has 0 saturated carbocycles. The van der Waals surface area contributed by atoms with Gasteiger partial charge in [-0.05, 0) is 25.0 Å². The summed E-state index contributed by atoms with van der Waals surface area (Å²) < 4.78 is 0. The summed E-state index contributed by atoms with van der Waals surface area (Å²) in [4.78, 5) is 8.02. The van der Waals surface area contributed by atoms with Crippen LogP contribution in [0.2, 0.25) is 0 Å². The highest BCUT2D eigenvalue weighted by atomic mass is 14.9. The molecule has 2 aromatic rings. The van der Waals surface area contributed by atoms with Crippen molar-refractivity contribution in [2.24, 2.45) is 0 Å². The molecule has 94 valence electrons. The van der Waals surface area contributed by atoms with Crippen molar-refractivity contribution in [3.63, 3.8) is 0 Å². The molecule has 0 aliphatic carbocycles. The van der Waals surface area contributed by atoms with Crippen LogP contribution >= 0.6 is 0 Å². The molecule has 2 rings (SSSR count). The second-order valence-corrected chi connectivity index (χ2v) is 4.71. The van der Waals surface area contributed by atoms with E-state index in [9.17, 15) is 0 Å². The first-order valence-electron chi connectivity index (χ1n) is 6.68. The van der Waals surface area contributed by atoms with Gasteiger partial charge in [0.15, 0.2) is 0 Å². The van der Waals surface area contributed by atoms with Crippen LogP contribution in [0.3, 0.4) is 0 Å². The number of aromatic nitrogens is 2. The average Bonchev–Trinajstić information content (AvgIpc) is 2.82. The number of imidazole rings is 1. The fourth-order valence-electron chi connectivity index (χ4n) is 2.45. The number of nitrogens with one attached hydrogen (secondary N) is 1. The number of benzene rings is 1. The van der Waals surface area contributed by atoms with E-state index in [1.807, 2.05) is 18.2 Å². The first kappa shape index (κ1) is 12.6. The molecule has 0 radical (unpaired) electrons. The molecule has 0 amide bonds. The molecule has 0 aliphatic rings. The maximum atomic E-state index is 9.09. The highest BCUT2D eigenvalue weighted by Gasteiger charge is 2.15. The largest absolute Gasteiger partial charge is 0.342 e. The Kier molecular flexibility index (Phi) is 3.99. The van der Waals surface area contributed by atoms with E-state index in [1.165, 1.54) is 0 Å². The van der Waals surface area contributed by atoms with Crippen molar-refractivity contribution in [1.29, 1.82) is 5.26 Å². The summed E-state index contributed by atoms with van der Waals surface area (Å²) in [7, 11) is 0. The SMILES string of the molecule is CCCC(CCC)c1nc2c(C#N)cccc2[nH]1. The van der Waals surface area contributed by atoms with Crippen LogP contribution in [-0.4, -0.2) is 9.97 Å². The molecule has 0 atom stereocenters. The van der Waals surface area contributed by atoms with Crippen molar-refractivity contribution in [3.05, 3.63) is 29.6 Å². The van der Waals surface area contributed by atoms with E-state index in [1.54, 1.807) is 0 Å². The molecule has 18 heavy (non-hydrogen) atoms. The van der Waals surface area contributed by atoms with Crippen molar-refractivity contribution in [2.75, 3.05) is 0 Å². The fourth-order valence-corrected chi connectivity index (χ4v) is 2.45. The van der Waals surface area contributed by atoms with Gasteiger partial charge in [0.2, 0.25) is 0 Å². The molecule has 0 saturated heterocycles. The molecule has 0 aliphatic heterocycles. The van der Waals surface area contributed by atoms with Crippen molar-refractivity contribution < 1.29 is 0 Å². The van der Waals surface area contributed by atoms with Crippen LogP contribution in [0.4, 0.5) is 0 Å². The van der Waals surface area contributed by atoms with Gasteiger partial charge >= 0.3 is 0 Å². The molecule has 0 bridgehead atoms. The molecule has 3 heteroatoms. The summed E-state index contributed by atoms with van der Waals surface area (Å²) in [6.07, 6.45) is 4.62. The van der Waals surface area contributed by atoms with Crippen LogP contribution in [0.15, 0.2) is 18.2 Å². The molecule has 0 fully saturated rings. The molecule has 0 unspecified atom stereocenters. The quantitative estimate of drug-likeness (QED) is 0.856. The van der Waals surface area contributed by atoms with E-state index in [-0.39, 0.29) is 0 Å². The number of hydrogen-bond donors (Lipinski definition) is 1. The van der Waals surface area contributed by atoms with Gasteiger partial charge in [-0.1, -0.05) is 32.8 Å². The van der Waals surface area contributed by atoms with Crippen LogP contribution in [-0.2, 0) is 0 Å². The highest BCUT2D eigenvalue weighted by Crippen LogP contribution is 2.27. The standard InChI is InChI=1S/C15H19N3/c1-3-6-11(7-4-2)15-17-13-9-5-8-12(10-16)14(13)18-15/h5,8-9,11H,3-4,6-7H2,1-2H3,(H,17,18). The summed E-state index contributed by atoms with van der Waals surface area (Å²) in [5, 5.41) is 9.09. The number of hydrogen-bond acceptors (Lipinski definition) is 2. The summed E-state index contributed by atoms with van der Waals surface area (Å²) >= 11 is 0. The lowest BCUT2D eigenvalue weighted by atomic mass is 9.98. The van der Waals surface area contributed by atoms with Crippen molar-refractivity contribution in [2.45, 2.75) is 45.4 Å². The third-order valence-corrected chi connectivity index (χ3v) is 3.31. The average molecular weight is 241 g/mol. The molecule has 1 aromatic heterocycles. The Bertz CT molecular complexity index is 557. The minimum absolute atomic E-state index is 0.485. The summed E-state index contributed by atoms with van der Waals surface area (Å²) in [6.45, 7) is 4.40. The third kappa shape index (κ3) is 2.38. The van der Waals surface area contributed by atoms with Crippen LogP contribution in [0.25, 0.3) is 11.0 Å². The molecule has 1 aromatic carbocycles. The summed E-state index contributed by atoms with van der Waals surface area (Å²) in [6, 6.07) is 7.91. The molecular weight excluding hydrogens is 222 g/mol. The third-order valence-electron chi connectivity index (χ3n) is 3.31. The van der Waals surface area contributed by atoms with E-state index in [2.05, 4.69) is 29.9 Å². The van der Waals surface area contributed by atoms with E-state index in [0.29, 0.717) is 11.5 Å². The van der Waals surface area contributed by atoms with Gasteiger partial charge in [0, 0.05) is 5.92 Å². The van der Waals surface area contributed by atoms with Gasteiger partial charge in [-0.15, -0.1) is 0 Å². The van der Waals surface area contributed by atoms with Gasteiger partial charge in [0.05, 0.1) is 11.1 Å². The lowest BCUT2D eigenvalue weighted by Crippen LogP contribution is -2.00. The topological polar surface area (TPSA) is 52.5 Å². The minimum Gasteiger partial charge on any atom is -0.342 e. The smallest absolute Gasteiger partial charge is 0.110 e. The molecular formula is C15H19N3. The first-order chi connectivity index (χ1) is 8.80. The van der Waals surface area contributed by atoms with Crippen molar-refractivity contribution in [3.8, 4) is 6.07 Å². The zero-order valence-corrected chi connectivity index (χ0v) is 11.0. The van der Waals surface area contributed by atoms with Gasteiger partial charge < -0.3 is 4.98 Å². The summed E-state index contributed by atoms with van der Waals surface area (Å²) in [5.74, 6) is 1.52. The van der Waals surface area contributed by atoms with E-state index >= 15 is 0 Å². The van der Waals surface area contributed by atoms with Gasteiger partial charge in [-0.25, -0.2) is 4.98 Å². The first-order valence-corrected chi connectivity index (χ1v) is 6.68. The second kappa shape index (κ2) is 5.68. The number of rotatable bonds is 5. The Morgan fingerprint density at radius 1 is 1.28 bits per heavy atom. The predicted molar refractivity (Wildman–Crippen MR) is 73.4 cm³/mol. The van der Waals surface area contributed by atoms with Gasteiger partial charge in [0.1, 0.15) is 17.4 Å². The number of fused-ring (bicyclic) bond motifs is 1. The lowest BCUT2D eigenvalue weighted by molar-refractivity contribution is 0.539. The zero-order valence-electron chi connectivity index (χ0n) is 11.0. The second-order valence-electron chi connectivity index (χ2n) is 4.71. The van der Waals surface area contributed by atoms with Crippen molar-refractivity contribution in [1.82, 2.24) is 9.97 Å². The Morgan fingerprint density at radius 3 is 2.61 bits per heavy atom. The number of para-hydroxylation sites is 1. The fraction of sp³-hybridized carbons (Fsp3) is 0.467. The normalized spacial score (nSPS) is 11.0.